The number of methoxy groups -OCH3 is 1. The first-order chi connectivity index (χ1) is 17.0. The lowest BCUT2D eigenvalue weighted by molar-refractivity contribution is -0.136. The van der Waals surface area contributed by atoms with E-state index in [9.17, 15) is 19.7 Å². The second-order valence-corrected chi connectivity index (χ2v) is 9.18. The number of esters is 1. The van der Waals surface area contributed by atoms with E-state index in [-0.39, 0.29) is 28.5 Å². The van der Waals surface area contributed by atoms with E-state index < -0.39 is 17.7 Å². The first kappa shape index (κ1) is 24.3. The fraction of sp³-hybridized carbons (Fsp3) is 0.308. The summed E-state index contributed by atoms with van der Waals surface area (Å²) in [5.41, 5.74) is 9.27. The summed E-state index contributed by atoms with van der Waals surface area (Å²) in [6, 6.07) is 11.6. The highest BCUT2D eigenvalue weighted by Gasteiger charge is 2.37. The zero-order chi connectivity index (χ0) is 24.9. The second-order valence-electron chi connectivity index (χ2n) is 8.21. The lowest BCUT2D eigenvalue weighted by Crippen LogP contribution is -2.26. The van der Waals surface area contributed by atoms with Gasteiger partial charge in [0, 0.05) is 5.69 Å². The highest BCUT2D eigenvalue weighted by molar-refractivity contribution is 7.99. The van der Waals surface area contributed by atoms with Crippen LogP contribution >= 0.6 is 11.8 Å². The van der Waals surface area contributed by atoms with E-state index >= 15 is 0 Å². The molecule has 0 amide bonds. The number of fused-ring (bicyclic) bond motifs is 1. The molecule has 0 bridgehead atoms. The number of rotatable bonds is 5. The number of allylic oxidation sites excluding steroid dienone is 1. The number of aryl methyl sites for hydroxylation is 2. The quantitative estimate of drug-likeness (QED) is 0.372. The third-order valence-corrected chi connectivity index (χ3v) is 7.07. The maximum atomic E-state index is 13.6. The van der Waals surface area contributed by atoms with Gasteiger partial charge in [0.25, 0.3) is 0 Å². The Morgan fingerprint density at radius 1 is 1.23 bits per heavy atom. The van der Waals surface area contributed by atoms with Gasteiger partial charge in [-0.3, -0.25) is 0 Å². The number of thioether (sulfide) groups is 1. The number of benzene rings is 1. The second kappa shape index (κ2) is 10.6. The van der Waals surface area contributed by atoms with E-state index in [2.05, 4.69) is 6.07 Å². The number of carbonyl (C=O) groups is 1. The molecule has 0 saturated carbocycles. The van der Waals surface area contributed by atoms with E-state index in [1.165, 1.54) is 43.1 Å². The van der Waals surface area contributed by atoms with Crippen LogP contribution in [0.2, 0.25) is 0 Å². The lowest BCUT2D eigenvalue weighted by atomic mass is 9.83. The SMILES string of the molecule is COC(=O)C1=C(CSc2nc3c(cc2C#N)CCCCC3)OC(N)=C(C#N)[C@@H]1c1ccc(F)cc1. The van der Waals surface area contributed by atoms with Crippen LogP contribution in [0.15, 0.2) is 58.1 Å². The number of nitrogens with zero attached hydrogens (tertiary/aromatic N) is 3. The minimum Gasteiger partial charge on any atom is -0.466 e. The molecule has 2 heterocycles. The normalized spacial score (nSPS) is 17.5. The monoisotopic (exact) mass is 490 g/mol. The first-order valence-corrected chi connectivity index (χ1v) is 12.2. The number of hydrogen-bond donors (Lipinski definition) is 1. The standard InChI is InChI=1S/C26H23FN4O3S/c1-33-26(32)23-21(34-24(30)19(13-29)22(23)15-7-9-18(27)10-8-15)14-35-25-17(12-28)11-16-5-3-2-4-6-20(16)31-25/h7-11,22H,2-6,14,30H2,1H3/t22-/m0/s1. The molecule has 0 unspecified atom stereocenters. The Hall–Kier alpha value is -3.82. The largest absolute Gasteiger partial charge is 0.466 e. The first-order valence-electron chi connectivity index (χ1n) is 11.2. The lowest BCUT2D eigenvalue weighted by Gasteiger charge is -2.27. The number of nitriles is 2. The van der Waals surface area contributed by atoms with Crippen molar-refractivity contribution in [3.8, 4) is 12.1 Å². The molecule has 1 aromatic carbocycles. The average Bonchev–Trinajstić information content (AvgIpc) is 3.11. The van der Waals surface area contributed by atoms with E-state index in [0.717, 1.165) is 43.4 Å². The molecule has 0 fully saturated rings. The molecule has 2 aliphatic rings. The number of hydrogen-bond acceptors (Lipinski definition) is 8. The van der Waals surface area contributed by atoms with Crippen LogP contribution in [-0.4, -0.2) is 23.8 Å². The van der Waals surface area contributed by atoms with Crippen molar-refractivity contribution in [3.05, 3.63) is 81.3 Å². The molecule has 1 aromatic heterocycles. The molecular formula is C26H23FN4O3S. The topological polar surface area (TPSA) is 122 Å². The summed E-state index contributed by atoms with van der Waals surface area (Å²) in [4.78, 5) is 17.6. The number of halogens is 1. The number of aromatic nitrogens is 1. The summed E-state index contributed by atoms with van der Waals surface area (Å²) >= 11 is 1.25. The van der Waals surface area contributed by atoms with Crippen LogP contribution in [0.5, 0.6) is 0 Å². The molecule has 0 spiro atoms. The fourth-order valence-electron chi connectivity index (χ4n) is 4.36. The van der Waals surface area contributed by atoms with Gasteiger partial charge >= 0.3 is 5.97 Å². The fourth-order valence-corrected chi connectivity index (χ4v) is 5.28. The highest BCUT2D eigenvalue weighted by Crippen LogP contribution is 2.41. The predicted molar refractivity (Wildman–Crippen MR) is 127 cm³/mol. The molecule has 9 heteroatoms. The van der Waals surface area contributed by atoms with E-state index in [1.54, 1.807) is 0 Å². The van der Waals surface area contributed by atoms with Gasteiger partial charge in [0.2, 0.25) is 5.88 Å². The summed E-state index contributed by atoms with van der Waals surface area (Å²) < 4.78 is 24.3. The van der Waals surface area contributed by atoms with Crippen molar-refractivity contribution in [2.75, 3.05) is 12.9 Å². The van der Waals surface area contributed by atoms with Crippen molar-refractivity contribution in [3.63, 3.8) is 0 Å². The summed E-state index contributed by atoms with van der Waals surface area (Å²) in [5, 5.41) is 20.0. The average molecular weight is 491 g/mol. The third-order valence-electron chi connectivity index (χ3n) is 6.08. The summed E-state index contributed by atoms with van der Waals surface area (Å²) in [6.45, 7) is 0. The molecule has 0 radical (unpaired) electrons. The van der Waals surface area contributed by atoms with Gasteiger partial charge in [-0.15, -0.1) is 0 Å². The van der Waals surface area contributed by atoms with Crippen LogP contribution < -0.4 is 5.73 Å². The van der Waals surface area contributed by atoms with Gasteiger partial charge in [0.15, 0.2) is 0 Å². The molecule has 2 N–H and O–H groups in total. The summed E-state index contributed by atoms with van der Waals surface area (Å²) in [5.74, 6) is -1.83. The van der Waals surface area contributed by atoms with Gasteiger partial charge in [0.05, 0.1) is 29.9 Å². The zero-order valence-electron chi connectivity index (χ0n) is 19.1. The van der Waals surface area contributed by atoms with Crippen LogP contribution in [0.4, 0.5) is 4.39 Å². The molecule has 35 heavy (non-hydrogen) atoms. The van der Waals surface area contributed by atoms with Crippen LogP contribution in [-0.2, 0) is 27.1 Å². The van der Waals surface area contributed by atoms with Crippen LogP contribution in [0.3, 0.4) is 0 Å². The molecule has 1 atom stereocenters. The van der Waals surface area contributed by atoms with Crippen molar-refractivity contribution in [1.82, 2.24) is 4.98 Å². The zero-order valence-corrected chi connectivity index (χ0v) is 20.0. The Kier molecular flexibility index (Phi) is 7.38. The predicted octanol–water partition coefficient (Wildman–Crippen LogP) is 4.39. The van der Waals surface area contributed by atoms with Gasteiger partial charge in [-0.25, -0.2) is 14.2 Å². The molecule has 1 aliphatic carbocycles. The molecule has 0 saturated heterocycles. The molecule has 1 aliphatic heterocycles. The number of nitrogens with two attached hydrogens (primary N) is 1. The Labute approximate surface area is 207 Å². The van der Waals surface area contributed by atoms with Gasteiger partial charge in [-0.2, -0.15) is 10.5 Å². The van der Waals surface area contributed by atoms with Gasteiger partial charge in [-0.05, 0) is 55.0 Å². The van der Waals surface area contributed by atoms with Gasteiger partial charge in [0.1, 0.15) is 34.3 Å². The minimum absolute atomic E-state index is 0.0339. The number of pyridine rings is 1. The Morgan fingerprint density at radius 3 is 2.66 bits per heavy atom. The maximum Gasteiger partial charge on any atom is 0.338 e. The van der Waals surface area contributed by atoms with Crippen molar-refractivity contribution in [1.29, 1.82) is 10.5 Å². The highest BCUT2D eigenvalue weighted by atomic mass is 32.2. The van der Waals surface area contributed by atoms with Crippen molar-refractivity contribution in [2.45, 2.75) is 43.0 Å². The molecule has 178 valence electrons. The number of carbonyl (C=O) groups excluding carboxylic acids is 1. The molecular weight excluding hydrogens is 467 g/mol. The Balaban J connectivity index is 1.74. The van der Waals surface area contributed by atoms with Crippen LogP contribution in [0.1, 0.15) is 47.6 Å². The van der Waals surface area contributed by atoms with E-state index in [4.69, 9.17) is 20.2 Å². The molecule has 7 nitrogen and oxygen atoms in total. The Bertz CT molecular complexity index is 1310. The van der Waals surface area contributed by atoms with Crippen molar-refractivity contribution < 1.29 is 18.7 Å². The number of ether oxygens (including phenoxy) is 2. The summed E-state index contributed by atoms with van der Waals surface area (Å²) in [6.07, 6.45) is 5.01. The maximum absolute atomic E-state index is 13.6. The van der Waals surface area contributed by atoms with E-state index in [0.29, 0.717) is 16.2 Å². The molecule has 4 rings (SSSR count). The van der Waals surface area contributed by atoms with E-state index in [1.807, 2.05) is 12.1 Å². The Morgan fingerprint density at radius 2 is 1.97 bits per heavy atom. The smallest absolute Gasteiger partial charge is 0.338 e. The van der Waals surface area contributed by atoms with Crippen LogP contribution in [0.25, 0.3) is 0 Å². The minimum atomic E-state index is -0.882. The van der Waals surface area contributed by atoms with Crippen molar-refractivity contribution >= 4 is 17.7 Å². The van der Waals surface area contributed by atoms with Crippen molar-refractivity contribution in [2.24, 2.45) is 5.73 Å². The third kappa shape index (κ3) is 5.01. The van der Waals surface area contributed by atoms with Crippen LogP contribution in [0, 0.1) is 28.5 Å². The molecule has 2 aromatic rings. The van der Waals surface area contributed by atoms with Gasteiger partial charge < -0.3 is 15.2 Å². The van der Waals surface area contributed by atoms with Gasteiger partial charge in [-0.1, -0.05) is 30.3 Å². The summed E-state index contributed by atoms with van der Waals surface area (Å²) in [7, 11) is 1.23.